The van der Waals surface area contributed by atoms with Gasteiger partial charge < -0.3 is 9.88 Å². The molecule has 1 saturated heterocycles. The first-order valence-electron chi connectivity index (χ1n) is 8.84. The average molecular weight is 366 g/mol. The summed E-state index contributed by atoms with van der Waals surface area (Å²) < 4.78 is 0. The van der Waals surface area contributed by atoms with Crippen molar-refractivity contribution < 1.29 is 0 Å². The van der Waals surface area contributed by atoms with Gasteiger partial charge in [0.25, 0.3) is 0 Å². The number of fused-ring (bicyclic) bond motifs is 1. The number of rotatable bonds is 2. The van der Waals surface area contributed by atoms with E-state index in [0.717, 1.165) is 59.7 Å². The lowest BCUT2D eigenvalue weighted by Gasteiger charge is -2.34. The molecule has 0 aliphatic carbocycles. The van der Waals surface area contributed by atoms with Crippen LogP contribution in [0, 0.1) is 25.2 Å². The Bertz CT molecular complexity index is 989. The third kappa shape index (κ3) is 2.81. The lowest BCUT2D eigenvalue weighted by molar-refractivity contribution is 0.488. The summed E-state index contributed by atoms with van der Waals surface area (Å²) in [6, 6.07) is 8.04. The van der Waals surface area contributed by atoms with Crippen molar-refractivity contribution in [1.29, 1.82) is 5.26 Å². The van der Waals surface area contributed by atoms with E-state index in [2.05, 4.69) is 32.8 Å². The number of aromatic amines is 1. The minimum absolute atomic E-state index is 0.431. The number of nitriles is 1. The van der Waals surface area contributed by atoms with Crippen LogP contribution in [0.25, 0.3) is 10.9 Å². The molecular weight excluding hydrogens is 346 g/mol. The number of anilines is 1. The van der Waals surface area contributed by atoms with Crippen LogP contribution < -0.4 is 4.90 Å². The standard InChI is InChI=1S/C20H20ClN5/c1-12-13(2)25-20(24-12)14-6-8-26(9-7-14)19-15(10-22)11-23-18-16(19)4-3-5-17(18)21/h3-5,11,14H,6-9H2,1-2H3,(H,24,25). The van der Waals surface area contributed by atoms with Gasteiger partial charge >= 0.3 is 0 Å². The Balaban J connectivity index is 1.65. The summed E-state index contributed by atoms with van der Waals surface area (Å²) in [4.78, 5) is 14.8. The lowest BCUT2D eigenvalue weighted by Crippen LogP contribution is -2.34. The van der Waals surface area contributed by atoms with Crippen molar-refractivity contribution in [3.05, 3.63) is 52.2 Å². The molecule has 0 bridgehead atoms. The molecular formula is C20H20ClN5. The molecule has 3 aromatic rings. The number of aryl methyl sites for hydroxylation is 2. The van der Waals surface area contributed by atoms with Crippen LogP contribution in [0.2, 0.25) is 5.02 Å². The van der Waals surface area contributed by atoms with E-state index in [9.17, 15) is 5.26 Å². The summed E-state index contributed by atoms with van der Waals surface area (Å²) >= 11 is 6.31. The summed E-state index contributed by atoms with van der Waals surface area (Å²) in [6.45, 7) is 5.86. The SMILES string of the molecule is Cc1nc(C2CCN(c3c(C#N)cnc4c(Cl)cccc34)CC2)[nH]c1C. The molecule has 1 N–H and O–H groups in total. The number of imidazole rings is 1. The minimum atomic E-state index is 0.431. The van der Waals surface area contributed by atoms with Gasteiger partial charge in [0.2, 0.25) is 0 Å². The number of hydrogen-bond acceptors (Lipinski definition) is 4. The van der Waals surface area contributed by atoms with Crippen molar-refractivity contribution in [3.63, 3.8) is 0 Å². The van der Waals surface area contributed by atoms with Gasteiger partial charge in [-0.05, 0) is 32.8 Å². The van der Waals surface area contributed by atoms with Crippen molar-refractivity contribution in [2.24, 2.45) is 0 Å². The highest BCUT2D eigenvalue weighted by Crippen LogP contribution is 2.36. The van der Waals surface area contributed by atoms with Gasteiger partial charge in [0.15, 0.2) is 0 Å². The first-order valence-corrected chi connectivity index (χ1v) is 9.21. The van der Waals surface area contributed by atoms with Gasteiger partial charge in [-0.15, -0.1) is 0 Å². The number of H-pyrrole nitrogens is 1. The number of benzene rings is 1. The zero-order valence-corrected chi connectivity index (χ0v) is 15.6. The highest BCUT2D eigenvalue weighted by molar-refractivity contribution is 6.35. The second-order valence-corrected chi connectivity index (χ2v) is 7.27. The number of para-hydroxylation sites is 1. The van der Waals surface area contributed by atoms with Gasteiger partial charge in [-0.3, -0.25) is 4.98 Å². The Morgan fingerprint density at radius 3 is 2.69 bits per heavy atom. The van der Waals surface area contributed by atoms with Crippen LogP contribution in [-0.4, -0.2) is 28.0 Å². The van der Waals surface area contributed by atoms with Crippen molar-refractivity contribution in [2.75, 3.05) is 18.0 Å². The predicted molar refractivity (Wildman–Crippen MR) is 104 cm³/mol. The van der Waals surface area contributed by atoms with E-state index < -0.39 is 0 Å². The van der Waals surface area contributed by atoms with Crippen molar-refractivity contribution in [3.8, 4) is 6.07 Å². The molecule has 5 nitrogen and oxygen atoms in total. The largest absolute Gasteiger partial charge is 0.370 e. The number of piperidine rings is 1. The Morgan fingerprint density at radius 2 is 2.04 bits per heavy atom. The summed E-state index contributed by atoms with van der Waals surface area (Å²) in [5, 5.41) is 11.1. The van der Waals surface area contributed by atoms with Crippen LogP contribution in [0.3, 0.4) is 0 Å². The average Bonchev–Trinajstić information content (AvgIpc) is 3.00. The molecule has 0 radical (unpaired) electrons. The van der Waals surface area contributed by atoms with Gasteiger partial charge in [0.1, 0.15) is 11.9 Å². The molecule has 1 aromatic carbocycles. The summed E-state index contributed by atoms with van der Waals surface area (Å²) in [7, 11) is 0. The minimum Gasteiger partial charge on any atom is -0.370 e. The molecule has 4 rings (SSSR count). The highest BCUT2D eigenvalue weighted by atomic mass is 35.5. The lowest BCUT2D eigenvalue weighted by atomic mass is 9.95. The molecule has 6 heteroatoms. The van der Waals surface area contributed by atoms with E-state index in [-0.39, 0.29) is 0 Å². The Labute approximate surface area is 157 Å². The third-order valence-electron chi connectivity index (χ3n) is 5.28. The number of pyridine rings is 1. The molecule has 0 amide bonds. The molecule has 1 aliphatic heterocycles. The molecule has 1 fully saturated rings. The van der Waals surface area contributed by atoms with Crippen LogP contribution >= 0.6 is 11.6 Å². The number of aromatic nitrogens is 3. The molecule has 2 aromatic heterocycles. The fraction of sp³-hybridized carbons (Fsp3) is 0.350. The number of nitrogens with zero attached hydrogens (tertiary/aromatic N) is 4. The van der Waals surface area contributed by atoms with Crippen molar-refractivity contribution >= 4 is 28.2 Å². The third-order valence-corrected chi connectivity index (χ3v) is 5.59. The molecule has 0 unspecified atom stereocenters. The Morgan fingerprint density at radius 1 is 1.27 bits per heavy atom. The monoisotopic (exact) mass is 365 g/mol. The first-order chi connectivity index (χ1) is 12.6. The topological polar surface area (TPSA) is 68.6 Å². The summed E-state index contributed by atoms with van der Waals surface area (Å²) in [6.07, 6.45) is 3.64. The van der Waals surface area contributed by atoms with E-state index >= 15 is 0 Å². The number of nitrogens with one attached hydrogen (secondary N) is 1. The van der Waals surface area contributed by atoms with E-state index in [1.165, 1.54) is 0 Å². The summed E-state index contributed by atoms with van der Waals surface area (Å²) in [5.74, 6) is 1.52. The zero-order valence-electron chi connectivity index (χ0n) is 14.9. The Kier molecular flexibility index (Phi) is 4.29. The van der Waals surface area contributed by atoms with Crippen LogP contribution in [0.5, 0.6) is 0 Å². The van der Waals surface area contributed by atoms with Crippen LogP contribution in [0.1, 0.15) is 41.5 Å². The molecule has 0 spiro atoms. The van der Waals surface area contributed by atoms with Gasteiger partial charge in [-0.1, -0.05) is 23.7 Å². The predicted octanol–water partition coefficient (Wildman–Crippen LogP) is 4.48. The van der Waals surface area contributed by atoms with Crippen LogP contribution in [0.15, 0.2) is 24.4 Å². The van der Waals surface area contributed by atoms with Gasteiger partial charge in [0, 0.05) is 36.3 Å². The molecule has 26 heavy (non-hydrogen) atoms. The normalized spacial score (nSPS) is 15.4. The maximum atomic E-state index is 9.58. The van der Waals surface area contributed by atoms with Gasteiger partial charge in [0.05, 0.1) is 27.5 Å². The molecule has 1 aliphatic rings. The summed E-state index contributed by atoms with van der Waals surface area (Å²) in [5.41, 5.74) is 4.52. The molecule has 3 heterocycles. The molecule has 0 saturated carbocycles. The van der Waals surface area contributed by atoms with Gasteiger partial charge in [-0.2, -0.15) is 5.26 Å². The fourth-order valence-electron chi connectivity index (χ4n) is 3.74. The molecule has 132 valence electrons. The first kappa shape index (κ1) is 16.9. The smallest absolute Gasteiger partial charge is 0.109 e. The van der Waals surface area contributed by atoms with Crippen molar-refractivity contribution in [1.82, 2.24) is 15.0 Å². The maximum Gasteiger partial charge on any atom is 0.109 e. The van der Waals surface area contributed by atoms with E-state index in [1.54, 1.807) is 6.20 Å². The maximum absolute atomic E-state index is 9.58. The zero-order chi connectivity index (χ0) is 18.3. The van der Waals surface area contributed by atoms with Gasteiger partial charge in [-0.25, -0.2) is 4.98 Å². The molecule has 0 atom stereocenters. The van der Waals surface area contributed by atoms with E-state index in [0.29, 0.717) is 16.5 Å². The van der Waals surface area contributed by atoms with E-state index in [4.69, 9.17) is 11.6 Å². The van der Waals surface area contributed by atoms with E-state index in [1.807, 2.05) is 25.1 Å². The Hall–Kier alpha value is -2.58. The second-order valence-electron chi connectivity index (χ2n) is 6.86. The highest BCUT2D eigenvalue weighted by Gasteiger charge is 2.26. The fourth-order valence-corrected chi connectivity index (χ4v) is 3.96. The number of hydrogen-bond donors (Lipinski definition) is 1. The van der Waals surface area contributed by atoms with Crippen LogP contribution in [0.4, 0.5) is 5.69 Å². The number of halogens is 1. The quantitative estimate of drug-likeness (QED) is 0.726. The second kappa shape index (κ2) is 6.62. The van der Waals surface area contributed by atoms with Crippen molar-refractivity contribution in [2.45, 2.75) is 32.6 Å². The van der Waals surface area contributed by atoms with Crippen LogP contribution in [-0.2, 0) is 0 Å².